The normalized spacial score (nSPS) is 14.9. The van der Waals surface area contributed by atoms with Crippen LogP contribution in [0.5, 0.6) is 0 Å². The van der Waals surface area contributed by atoms with E-state index >= 15 is 0 Å². The van der Waals surface area contributed by atoms with Crippen molar-refractivity contribution in [3.63, 3.8) is 0 Å². The standard InChI is InChI=1S/C16H27FN2/c1-12(2)11-13(3)19(4)10-9-16(18)14-7-5-6-8-15(14)17/h5-8,12-13,16H,9-11,18H2,1-4H3. The number of nitrogens with zero attached hydrogens (tertiary/aromatic N) is 1. The van der Waals surface area contributed by atoms with E-state index in [1.807, 2.05) is 6.07 Å². The SMILES string of the molecule is CC(C)CC(C)N(C)CCC(N)c1ccccc1F. The third-order valence-corrected chi connectivity index (χ3v) is 3.66. The van der Waals surface area contributed by atoms with E-state index in [1.54, 1.807) is 12.1 Å². The minimum atomic E-state index is -0.227. The van der Waals surface area contributed by atoms with Crippen LogP contribution in [0.2, 0.25) is 0 Å². The molecule has 1 aromatic carbocycles. The van der Waals surface area contributed by atoms with Gasteiger partial charge in [0.25, 0.3) is 0 Å². The van der Waals surface area contributed by atoms with E-state index in [2.05, 4.69) is 32.7 Å². The summed E-state index contributed by atoms with van der Waals surface area (Å²) >= 11 is 0. The predicted molar refractivity (Wildman–Crippen MR) is 79.5 cm³/mol. The molecule has 1 aromatic rings. The molecule has 0 aromatic heterocycles. The third kappa shape index (κ3) is 5.29. The quantitative estimate of drug-likeness (QED) is 0.817. The molecule has 2 unspecified atom stereocenters. The minimum Gasteiger partial charge on any atom is -0.324 e. The second-order valence-corrected chi connectivity index (χ2v) is 5.88. The Balaban J connectivity index is 2.46. The van der Waals surface area contributed by atoms with Gasteiger partial charge in [-0.1, -0.05) is 32.0 Å². The lowest BCUT2D eigenvalue weighted by atomic mass is 10.0. The van der Waals surface area contributed by atoms with Crippen LogP contribution in [-0.4, -0.2) is 24.5 Å². The van der Waals surface area contributed by atoms with Crippen molar-refractivity contribution in [3.05, 3.63) is 35.6 Å². The molecule has 0 aliphatic carbocycles. The molecule has 0 aliphatic rings. The average molecular weight is 266 g/mol. The second-order valence-electron chi connectivity index (χ2n) is 5.88. The van der Waals surface area contributed by atoms with Crippen LogP contribution in [0.3, 0.4) is 0 Å². The summed E-state index contributed by atoms with van der Waals surface area (Å²) in [5.74, 6) is 0.491. The van der Waals surface area contributed by atoms with E-state index in [9.17, 15) is 4.39 Å². The zero-order valence-electron chi connectivity index (χ0n) is 12.6. The highest BCUT2D eigenvalue weighted by Crippen LogP contribution is 2.18. The molecule has 0 radical (unpaired) electrons. The number of nitrogens with two attached hydrogens (primary N) is 1. The molecule has 2 atom stereocenters. The first-order chi connectivity index (χ1) is 8.91. The first-order valence-electron chi connectivity index (χ1n) is 7.12. The third-order valence-electron chi connectivity index (χ3n) is 3.66. The van der Waals surface area contributed by atoms with Crippen molar-refractivity contribution in [1.29, 1.82) is 0 Å². The summed E-state index contributed by atoms with van der Waals surface area (Å²) in [6, 6.07) is 7.09. The van der Waals surface area contributed by atoms with E-state index in [0.29, 0.717) is 17.5 Å². The van der Waals surface area contributed by atoms with Gasteiger partial charge in [-0.05, 0) is 45.3 Å². The highest BCUT2D eigenvalue weighted by molar-refractivity contribution is 5.20. The molecule has 0 bridgehead atoms. The number of hydrogen-bond donors (Lipinski definition) is 1. The topological polar surface area (TPSA) is 29.3 Å². The second kappa shape index (κ2) is 7.61. The number of benzene rings is 1. The fourth-order valence-corrected chi connectivity index (χ4v) is 2.36. The van der Waals surface area contributed by atoms with Crippen molar-refractivity contribution < 1.29 is 4.39 Å². The molecule has 2 N–H and O–H groups in total. The van der Waals surface area contributed by atoms with Gasteiger partial charge in [0.05, 0.1) is 0 Å². The smallest absolute Gasteiger partial charge is 0.127 e. The van der Waals surface area contributed by atoms with Gasteiger partial charge in [0.1, 0.15) is 5.82 Å². The Bertz CT molecular complexity index is 379. The Morgan fingerprint density at radius 2 is 1.84 bits per heavy atom. The van der Waals surface area contributed by atoms with Gasteiger partial charge in [-0.25, -0.2) is 4.39 Å². The van der Waals surface area contributed by atoms with Crippen LogP contribution in [0.1, 0.15) is 45.2 Å². The highest BCUT2D eigenvalue weighted by atomic mass is 19.1. The summed E-state index contributed by atoms with van der Waals surface area (Å²) in [7, 11) is 2.11. The number of hydrogen-bond acceptors (Lipinski definition) is 2. The molecule has 2 nitrogen and oxygen atoms in total. The molecule has 19 heavy (non-hydrogen) atoms. The molecule has 0 heterocycles. The fraction of sp³-hybridized carbons (Fsp3) is 0.625. The van der Waals surface area contributed by atoms with Crippen LogP contribution in [0.4, 0.5) is 4.39 Å². The van der Waals surface area contributed by atoms with Crippen molar-refractivity contribution >= 4 is 0 Å². The van der Waals surface area contributed by atoms with Crippen LogP contribution in [0.15, 0.2) is 24.3 Å². The van der Waals surface area contributed by atoms with Crippen LogP contribution >= 0.6 is 0 Å². The Labute approximate surface area is 116 Å². The lowest BCUT2D eigenvalue weighted by Gasteiger charge is -2.27. The Morgan fingerprint density at radius 1 is 1.21 bits per heavy atom. The lowest BCUT2D eigenvalue weighted by molar-refractivity contribution is 0.220. The average Bonchev–Trinajstić information content (AvgIpc) is 2.35. The predicted octanol–water partition coefficient (Wildman–Crippen LogP) is 3.58. The molecule has 0 saturated heterocycles. The first-order valence-corrected chi connectivity index (χ1v) is 7.12. The van der Waals surface area contributed by atoms with Crippen LogP contribution in [-0.2, 0) is 0 Å². The Hall–Kier alpha value is -0.930. The minimum absolute atomic E-state index is 0.201. The molecule has 0 saturated carbocycles. The molecule has 0 fully saturated rings. The van der Waals surface area contributed by atoms with Gasteiger partial charge in [-0.2, -0.15) is 0 Å². The zero-order chi connectivity index (χ0) is 14.4. The molecule has 0 amide bonds. The van der Waals surface area contributed by atoms with E-state index in [0.717, 1.165) is 13.0 Å². The van der Waals surface area contributed by atoms with Crippen LogP contribution in [0, 0.1) is 11.7 Å². The molecule has 1 rings (SSSR count). The van der Waals surface area contributed by atoms with Gasteiger partial charge in [-0.3, -0.25) is 0 Å². The summed E-state index contributed by atoms with van der Waals surface area (Å²) in [6.07, 6.45) is 1.95. The van der Waals surface area contributed by atoms with Crippen molar-refractivity contribution in [3.8, 4) is 0 Å². The summed E-state index contributed by atoms with van der Waals surface area (Å²) in [4.78, 5) is 2.31. The maximum Gasteiger partial charge on any atom is 0.127 e. The zero-order valence-corrected chi connectivity index (χ0v) is 12.6. The molecule has 0 aliphatic heterocycles. The van der Waals surface area contributed by atoms with Gasteiger partial charge in [0.2, 0.25) is 0 Å². The maximum absolute atomic E-state index is 13.6. The van der Waals surface area contributed by atoms with Gasteiger partial charge in [-0.15, -0.1) is 0 Å². The van der Waals surface area contributed by atoms with Gasteiger partial charge >= 0.3 is 0 Å². The van der Waals surface area contributed by atoms with E-state index in [1.165, 1.54) is 12.5 Å². The highest BCUT2D eigenvalue weighted by Gasteiger charge is 2.15. The van der Waals surface area contributed by atoms with E-state index in [-0.39, 0.29) is 11.9 Å². The largest absolute Gasteiger partial charge is 0.324 e. The number of halogens is 1. The Morgan fingerprint density at radius 3 is 2.42 bits per heavy atom. The first kappa shape index (κ1) is 16.1. The summed E-state index contributed by atoms with van der Waals surface area (Å²) in [6.45, 7) is 7.59. The van der Waals surface area contributed by atoms with Gasteiger partial charge in [0.15, 0.2) is 0 Å². The van der Waals surface area contributed by atoms with Crippen molar-refractivity contribution in [2.24, 2.45) is 11.7 Å². The number of rotatable bonds is 7. The Kier molecular flexibility index (Phi) is 6.46. The van der Waals surface area contributed by atoms with E-state index in [4.69, 9.17) is 5.73 Å². The molecular formula is C16H27FN2. The van der Waals surface area contributed by atoms with Gasteiger partial charge < -0.3 is 10.6 Å². The van der Waals surface area contributed by atoms with E-state index < -0.39 is 0 Å². The molecule has 3 heteroatoms. The van der Waals surface area contributed by atoms with Crippen molar-refractivity contribution in [1.82, 2.24) is 4.90 Å². The summed E-state index contributed by atoms with van der Waals surface area (Å²) < 4.78 is 13.6. The van der Waals surface area contributed by atoms with Crippen LogP contribution < -0.4 is 5.73 Å². The lowest BCUT2D eigenvalue weighted by Crippen LogP contribution is -2.32. The van der Waals surface area contributed by atoms with Crippen LogP contribution in [0.25, 0.3) is 0 Å². The molecule has 108 valence electrons. The summed E-state index contributed by atoms with van der Waals surface area (Å²) in [5.41, 5.74) is 6.70. The molecule has 0 spiro atoms. The van der Waals surface area contributed by atoms with Gasteiger partial charge in [0, 0.05) is 17.6 Å². The molecular weight excluding hydrogens is 239 g/mol. The van der Waals surface area contributed by atoms with Crippen molar-refractivity contribution in [2.45, 2.75) is 45.7 Å². The monoisotopic (exact) mass is 266 g/mol. The fourth-order valence-electron chi connectivity index (χ4n) is 2.36. The van der Waals surface area contributed by atoms with Crippen molar-refractivity contribution in [2.75, 3.05) is 13.6 Å². The maximum atomic E-state index is 13.6. The summed E-state index contributed by atoms with van der Waals surface area (Å²) in [5, 5.41) is 0.